The predicted molar refractivity (Wildman–Crippen MR) is 93.6 cm³/mol. The molecule has 0 aliphatic carbocycles. The normalized spacial score (nSPS) is 15.5. The SMILES string of the molecule is O=C(COc1ccc(F)cc1)N1CCN(S(=O)(=O)c2ccc(F)c(F)c2)CC1. The van der Waals surface area contributed by atoms with Gasteiger partial charge in [0.25, 0.3) is 5.91 Å². The van der Waals surface area contributed by atoms with Crippen LogP contribution in [0.25, 0.3) is 0 Å². The highest BCUT2D eigenvalue weighted by Gasteiger charge is 2.30. The molecule has 0 bridgehead atoms. The Morgan fingerprint density at radius 3 is 2.18 bits per heavy atom. The van der Waals surface area contributed by atoms with Crippen LogP contribution >= 0.6 is 0 Å². The van der Waals surface area contributed by atoms with Crippen molar-refractivity contribution >= 4 is 15.9 Å². The molecule has 1 aliphatic rings. The van der Waals surface area contributed by atoms with Gasteiger partial charge in [0.05, 0.1) is 4.90 Å². The second-order valence-electron chi connectivity index (χ2n) is 6.10. The molecule has 2 aromatic carbocycles. The maximum Gasteiger partial charge on any atom is 0.260 e. The fraction of sp³-hybridized carbons (Fsp3) is 0.278. The van der Waals surface area contributed by atoms with E-state index in [9.17, 15) is 26.4 Å². The first-order valence-corrected chi connectivity index (χ1v) is 9.83. The summed E-state index contributed by atoms with van der Waals surface area (Å²) in [4.78, 5) is 13.3. The lowest BCUT2D eigenvalue weighted by molar-refractivity contribution is -0.134. The van der Waals surface area contributed by atoms with Gasteiger partial charge in [-0.3, -0.25) is 4.79 Å². The molecular weight excluding hydrogens is 397 g/mol. The Hall–Kier alpha value is -2.59. The first-order chi connectivity index (χ1) is 13.3. The van der Waals surface area contributed by atoms with Crippen LogP contribution in [-0.2, 0) is 14.8 Å². The molecule has 150 valence electrons. The Morgan fingerprint density at radius 1 is 0.929 bits per heavy atom. The molecule has 0 spiro atoms. The Kier molecular flexibility index (Phi) is 5.90. The van der Waals surface area contributed by atoms with Crippen molar-refractivity contribution in [3.8, 4) is 5.75 Å². The third kappa shape index (κ3) is 4.45. The number of hydrogen-bond acceptors (Lipinski definition) is 4. The molecule has 0 N–H and O–H groups in total. The van der Waals surface area contributed by atoms with Crippen LogP contribution in [0.3, 0.4) is 0 Å². The molecule has 1 amide bonds. The molecule has 6 nitrogen and oxygen atoms in total. The topological polar surface area (TPSA) is 66.9 Å². The first-order valence-electron chi connectivity index (χ1n) is 8.39. The highest BCUT2D eigenvalue weighted by atomic mass is 32.2. The van der Waals surface area contributed by atoms with E-state index in [1.165, 1.54) is 29.2 Å². The molecule has 10 heteroatoms. The summed E-state index contributed by atoms with van der Waals surface area (Å²) in [5.41, 5.74) is 0. The minimum absolute atomic E-state index is 0.0175. The van der Waals surface area contributed by atoms with Gasteiger partial charge in [-0.05, 0) is 42.5 Å². The van der Waals surface area contributed by atoms with Gasteiger partial charge >= 0.3 is 0 Å². The Labute approximate surface area is 160 Å². The van der Waals surface area contributed by atoms with Crippen molar-refractivity contribution in [1.82, 2.24) is 9.21 Å². The molecule has 0 atom stereocenters. The zero-order valence-electron chi connectivity index (χ0n) is 14.6. The summed E-state index contributed by atoms with van der Waals surface area (Å²) in [5.74, 6) is -2.79. The molecule has 1 fully saturated rings. The van der Waals surface area contributed by atoms with Crippen LogP contribution in [0.2, 0.25) is 0 Å². The Morgan fingerprint density at radius 2 is 1.57 bits per heavy atom. The number of benzene rings is 2. The number of piperazine rings is 1. The van der Waals surface area contributed by atoms with Gasteiger partial charge in [0.15, 0.2) is 18.2 Å². The van der Waals surface area contributed by atoms with E-state index in [2.05, 4.69) is 0 Å². The lowest BCUT2D eigenvalue weighted by Crippen LogP contribution is -2.51. The van der Waals surface area contributed by atoms with Crippen molar-refractivity contribution in [3.63, 3.8) is 0 Å². The van der Waals surface area contributed by atoms with Gasteiger partial charge in [0, 0.05) is 26.2 Å². The van der Waals surface area contributed by atoms with Crippen LogP contribution in [0.15, 0.2) is 47.4 Å². The number of nitrogens with zero attached hydrogens (tertiary/aromatic N) is 2. The smallest absolute Gasteiger partial charge is 0.260 e. The lowest BCUT2D eigenvalue weighted by Gasteiger charge is -2.34. The number of carbonyl (C=O) groups is 1. The number of ether oxygens (including phenoxy) is 1. The highest BCUT2D eigenvalue weighted by Crippen LogP contribution is 2.20. The summed E-state index contributed by atoms with van der Waals surface area (Å²) in [5, 5.41) is 0. The molecule has 0 radical (unpaired) electrons. The fourth-order valence-electron chi connectivity index (χ4n) is 2.73. The molecule has 1 saturated heterocycles. The van der Waals surface area contributed by atoms with Gasteiger partial charge in [-0.2, -0.15) is 4.31 Å². The van der Waals surface area contributed by atoms with Crippen LogP contribution in [0.1, 0.15) is 0 Å². The summed E-state index contributed by atoms with van der Waals surface area (Å²) in [6, 6.07) is 7.61. The maximum atomic E-state index is 13.3. The van der Waals surface area contributed by atoms with E-state index in [1.807, 2.05) is 0 Å². The number of rotatable bonds is 5. The second kappa shape index (κ2) is 8.19. The number of halogens is 3. The van der Waals surface area contributed by atoms with Crippen molar-refractivity contribution in [3.05, 3.63) is 59.9 Å². The summed E-state index contributed by atoms with van der Waals surface area (Å²) < 4.78 is 70.7. The summed E-state index contributed by atoms with van der Waals surface area (Å²) in [6.45, 7) is 0.0395. The van der Waals surface area contributed by atoms with Gasteiger partial charge < -0.3 is 9.64 Å². The molecule has 0 saturated carbocycles. The lowest BCUT2D eigenvalue weighted by atomic mass is 10.3. The van der Waals surface area contributed by atoms with Gasteiger partial charge in [-0.25, -0.2) is 21.6 Å². The Balaban J connectivity index is 1.56. The third-order valence-corrected chi connectivity index (χ3v) is 6.19. The molecular formula is C18H17F3N2O4S. The monoisotopic (exact) mass is 414 g/mol. The van der Waals surface area contributed by atoms with E-state index in [-0.39, 0.29) is 43.6 Å². The average molecular weight is 414 g/mol. The average Bonchev–Trinajstić information content (AvgIpc) is 2.69. The van der Waals surface area contributed by atoms with Gasteiger partial charge in [0.1, 0.15) is 11.6 Å². The Bertz CT molecular complexity index is 959. The largest absolute Gasteiger partial charge is 0.484 e. The van der Waals surface area contributed by atoms with E-state index in [0.717, 1.165) is 16.4 Å². The van der Waals surface area contributed by atoms with E-state index in [0.29, 0.717) is 11.8 Å². The van der Waals surface area contributed by atoms with Crippen molar-refractivity contribution in [2.45, 2.75) is 4.90 Å². The molecule has 0 aromatic heterocycles. The standard InChI is InChI=1S/C18H17F3N2O4S/c19-13-1-3-14(4-2-13)27-12-18(24)22-7-9-23(10-8-22)28(25,26)15-5-6-16(20)17(21)11-15/h1-6,11H,7-10,12H2. The van der Waals surface area contributed by atoms with Crippen molar-refractivity contribution in [1.29, 1.82) is 0 Å². The molecule has 28 heavy (non-hydrogen) atoms. The number of hydrogen-bond donors (Lipinski definition) is 0. The van der Waals surface area contributed by atoms with Crippen molar-refractivity contribution in [2.75, 3.05) is 32.8 Å². The number of sulfonamides is 1. The van der Waals surface area contributed by atoms with Gasteiger partial charge in [0.2, 0.25) is 10.0 Å². The number of amides is 1. The third-order valence-electron chi connectivity index (χ3n) is 4.30. The minimum Gasteiger partial charge on any atom is -0.484 e. The van der Waals surface area contributed by atoms with Gasteiger partial charge in [-0.1, -0.05) is 0 Å². The minimum atomic E-state index is -3.99. The number of carbonyl (C=O) groups excluding carboxylic acids is 1. The van der Waals surface area contributed by atoms with Crippen molar-refractivity contribution in [2.24, 2.45) is 0 Å². The van der Waals surface area contributed by atoms with Crippen molar-refractivity contribution < 1.29 is 31.1 Å². The van der Waals surface area contributed by atoms with E-state index in [4.69, 9.17) is 4.74 Å². The van der Waals surface area contributed by atoms with Gasteiger partial charge in [-0.15, -0.1) is 0 Å². The van der Waals surface area contributed by atoms with E-state index in [1.54, 1.807) is 0 Å². The quantitative estimate of drug-likeness (QED) is 0.751. The maximum absolute atomic E-state index is 13.3. The van der Waals surface area contributed by atoms with Crippen LogP contribution in [0, 0.1) is 17.5 Å². The molecule has 2 aromatic rings. The zero-order chi connectivity index (χ0) is 20.3. The second-order valence-corrected chi connectivity index (χ2v) is 8.04. The molecule has 1 heterocycles. The van der Waals surface area contributed by atoms with Crippen LogP contribution in [-0.4, -0.2) is 56.3 Å². The van der Waals surface area contributed by atoms with Crippen LogP contribution < -0.4 is 4.74 Å². The van der Waals surface area contributed by atoms with Crippen LogP contribution in [0.5, 0.6) is 5.75 Å². The van der Waals surface area contributed by atoms with Crippen LogP contribution in [0.4, 0.5) is 13.2 Å². The van der Waals surface area contributed by atoms with E-state index < -0.39 is 27.5 Å². The predicted octanol–water partition coefficient (Wildman–Crippen LogP) is 2.02. The van der Waals surface area contributed by atoms with E-state index >= 15 is 0 Å². The summed E-state index contributed by atoms with van der Waals surface area (Å²) in [7, 11) is -3.99. The zero-order valence-corrected chi connectivity index (χ0v) is 15.5. The summed E-state index contributed by atoms with van der Waals surface area (Å²) in [6.07, 6.45) is 0. The first kappa shape index (κ1) is 20.2. The molecule has 1 aliphatic heterocycles. The molecule has 0 unspecified atom stereocenters. The highest BCUT2D eigenvalue weighted by molar-refractivity contribution is 7.89. The fourth-order valence-corrected chi connectivity index (χ4v) is 4.17. The summed E-state index contributed by atoms with van der Waals surface area (Å²) >= 11 is 0. The molecule has 3 rings (SSSR count).